The Hall–Kier alpha value is -1.36. The average Bonchev–Trinajstić information content (AvgIpc) is 2.25. The van der Waals surface area contributed by atoms with E-state index < -0.39 is 10.1 Å². The predicted octanol–water partition coefficient (Wildman–Crippen LogP) is 2.89. The summed E-state index contributed by atoms with van der Waals surface area (Å²) in [5.41, 5.74) is 3.59. The Morgan fingerprint density at radius 2 is 1.89 bits per heavy atom. The average molecular weight is 269 g/mol. The van der Waals surface area contributed by atoms with Crippen LogP contribution in [0.1, 0.15) is 36.1 Å². The second kappa shape index (κ2) is 5.52. The third kappa shape index (κ3) is 2.72. The van der Waals surface area contributed by atoms with Gasteiger partial charge in [-0.05, 0) is 56.4 Å². The maximum atomic E-state index is 12.1. The normalized spacial score (nSPS) is 12.1. The molecule has 0 bridgehead atoms. The van der Waals surface area contributed by atoms with Crippen molar-refractivity contribution in [2.75, 3.05) is 0 Å². The van der Waals surface area contributed by atoms with Crippen molar-refractivity contribution in [3.63, 3.8) is 0 Å². The Morgan fingerprint density at radius 3 is 2.39 bits per heavy atom. The second-order valence-corrected chi connectivity index (χ2v) is 5.65. The molecule has 0 saturated heterocycles. The number of aryl methyl sites for hydroxylation is 2. The molecule has 0 aliphatic carbocycles. The van der Waals surface area contributed by atoms with Crippen LogP contribution < -0.4 is 0 Å². The van der Waals surface area contributed by atoms with Crippen LogP contribution in [0, 0.1) is 20.8 Å². The van der Waals surface area contributed by atoms with Crippen LogP contribution in [0.4, 0.5) is 0 Å². The summed E-state index contributed by atoms with van der Waals surface area (Å²) in [6.07, 6.45) is 2.09. The minimum Gasteiger partial charge on any atom is -0.265 e. The van der Waals surface area contributed by atoms with Gasteiger partial charge in [0, 0.05) is 6.21 Å². The van der Waals surface area contributed by atoms with Crippen LogP contribution in [0.5, 0.6) is 0 Å². The van der Waals surface area contributed by atoms with Crippen molar-refractivity contribution in [2.24, 2.45) is 5.16 Å². The quantitative estimate of drug-likeness (QED) is 0.624. The Bertz CT molecular complexity index is 574. The zero-order chi connectivity index (χ0) is 13.9. The summed E-state index contributed by atoms with van der Waals surface area (Å²) >= 11 is 0. The van der Waals surface area contributed by atoms with Gasteiger partial charge in [-0.2, -0.15) is 8.42 Å². The molecule has 5 heteroatoms. The zero-order valence-electron chi connectivity index (χ0n) is 11.4. The maximum Gasteiger partial charge on any atom is 0.358 e. The Morgan fingerprint density at radius 1 is 1.28 bits per heavy atom. The van der Waals surface area contributed by atoms with Gasteiger partial charge in [-0.15, -0.1) is 0 Å². The maximum absolute atomic E-state index is 12.1. The van der Waals surface area contributed by atoms with Crippen molar-refractivity contribution in [1.82, 2.24) is 0 Å². The topological polar surface area (TPSA) is 55.7 Å². The van der Waals surface area contributed by atoms with Gasteiger partial charge in [0.15, 0.2) is 0 Å². The van der Waals surface area contributed by atoms with Gasteiger partial charge in [0.25, 0.3) is 0 Å². The van der Waals surface area contributed by atoms with Gasteiger partial charge in [0.1, 0.15) is 4.90 Å². The molecule has 0 aliphatic rings. The van der Waals surface area contributed by atoms with Gasteiger partial charge >= 0.3 is 10.1 Å². The number of hydrogen-bond acceptors (Lipinski definition) is 4. The SMILES string of the molecule is C/C=N/OS(=O)(=O)c1c(C)cc(C)c(CC)c1C. The van der Waals surface area contributed by atoms with Crippen LogP contribution in [0.2, 0.25) is 0 Å². The van der Waals surface area contributed by atoms with Crippen LogP contribution in [-0.2, 0) is 20.8 Å². The Kier molecular flexibility index (Phi) is 4.51. The molecule has 1 aromatic carbocycles. The first kappa shape index (κ1) is 14.7. The van der Waals surface area contributed by atoms with Crippen molar-refractivity contribution in [3.05, 3.63) is 28.3 Å². The fourth-order valence-electron chi connectivity index (χ4n) is 2.27. The van der Waals surface area contributed by atoms with Gasteiger partial charge in [0.2, 0.25) is 0 Å². The minimum absolute atomic E-state index is 0.232. The zero-order valence-corrected chi connectivity index (χ0v) is 12.3. The highest BCUT2D eigenvalue weighted by atomic mass is 32.2. The van der Waals surface area contributed by atoms with Crippen LogP contribution in [0.25, 0.3) is 0 Å². The van der Waals surface area contributed by atoms with E-state index in [0.29, 0.717) is 5.56 Å². The van der Waals surface area contributed by atoms with Gasteiger partial charge in [0.05, 0.1) is 0 Å². The largest absolute Gasteiger partial charge is 0.358 e. The van der Waals surface area contributed by atoms with E-state index in [2.05, 4.69) is 9.44 Å². The molecular weight excluding hydrogens is 250 g/mol. The molecule has 0 atom stereocenters. The first-order valence-electron chi connectivity index (χ1n) is 5.86. The van der Waals surface area contributed by atoms with E-state index in [0.717, 1.165) is 23.1 Å². The lowest BCUT2D eigenvalue weighted by atomic mass is 9.98. The van der Waals surface area contributed by atoms with Gasteiger partial charge in [-0.1, -0.05) is 18.1 Å². The molecule has 0 fully saturated rings. The van der Waals surface area contributed by atoms with Crippen molar-refractivity contribution in [1.29, 1.82) is 0 Å². The van der Waals surface area contributed by atoms with Gasteiger partial charge in [-0.25, -0.2) is 0 Å². The highest BCUT2D eigenvalue weighted by molar-refractivity contribution is 7.86. The summed E-state index contributed by atoms with van der Waals surface area (Å²) in [5.74, 6) is 0. The van der Waals surface area contributed by atoms with Crippen LogP contribution in [0.3, 0.4) is 0 Å². The molecule has 0 aromatic heterocycles. The second-order valence-electron chi connectivity index (χ2n) is 4.19. The number of hydrogen-bond donors (Lipinski definition) is 0. The molecule has 0 spiro atoms. The minimum atomic E-state index is -3.83. The lowest BCUT2D eigenvalue weighted by Gasteiger charge is -2.15. The van der Waals surface area contributed by atoms with Crippen molar-refractivity contribution >= 4 is 16.3 Å². The molecule has 0 saturated carbocycles. The van der Waals surface area contributed by atoms with Crippen LogP contribution in [0.15, 0.2) is 16.1 Å². The molecule has 0 radical (unpaired) electrons. The number of benzene rings is 1. The molecular formula is C13H19NO3S. The fourth-order valence-corrected chi connectivity index (χ4v) is 3.50. The van der Waals surface area contributed by atoms with Crippen molar-refractivity contribution in [2.45, 2.75) is 45.9 Å². The summed E-state index contributed by atoms with van der Waals surface area (Å²) < 4.78 is 28.8. The molecule has 1 aromatic rings. The Labute approximate surface area is 109 Å². The van der Waals surface area contributed by atoms with E-state index in [4.69, 9.17) is 0 Å². The molecule has 0 heterocycles. The highest BCUT2D eigenvalue weighted by Crippen LogP contribution is 2.28. The van der Waals surface area contributed by atoms with Gasteiger partial charge < -0.3 is 0 Å². The molecule has 18 heavy (non-hydrogen) atoms. The predicted molar refractivity (Wildman–Crippen MR) is 72.5 cm³/mol. The number of rotatable bonds is 4. The van der Waals surface area contributed by atoms with Crippen molar-refractivity contribution < 1.29 is 12.7 Å². The standard InChI is InChI=1S/C13H19NO3S/c1-6-12-9(3)8-10(4)13(11(12)5)18(15,16)17-14-7-2/h7-8H,6H2,1-5H3/b14-7+. The summed E-state index contributed by atoms with van der Waals surface area (Å²) in [6.45, 7) is 9.17. The smallest absolute Gasteiger partial charge is 0.265 e. The molecule has 4 nitrogen and oxygen atoms in total. The fraction of sp³-hybridized carbons (Fsp3) is 0.462. The monoisotopic (exact) mass is 269 g/mol. The first-order chi connectivity index (χ1) is 8.35. The molecule has 100 valence electrons. The number of nitrogens with zero attached hydrogens (tertiary/aromatic N) is 1. The van der Waals surface area contributed by atoms with E-state index >= 15 is 0 Å². The lowest BCUT2D eigenvalue weighted by Crippen LogP contribution is -2.10. The number of oxime groups is 1. The van der Waals surface area contributed by atoms with Gasteiger partial charge in [-0.3, -0.25) is 4.28 Å². The third-order valence-electron chi connectivity index (χ3n) is 2.91. The van der Waals surface area contributed by atoms with E-state index in [9.17, 15) is 8.42 Å². The molecule has 0 unspecified atom stereocenters. The third-order valence-corrected chi connectivity index (χ3v) is 4.32. The summed E-state index contributed by atoms with van der Waals surface area (Å²) in [4.78, 5) is 0.232. The van der Waals surface area contributed by atoms with E-state index in [1.807, 2.05) is 26.8 Å². The lowest BCUT2D eigenvalue weighted by molar-refractivity contribution is 0.340. The molecule has 0 N–H and O–H groups in total. The molecule has 1 rings (SSSR count). The molecule has 0 aliphatic heterocycles. The van der Waals surface area contributed by atoms with Crippen LogP contribution in [-0.4, -0.2) is 14.6 Å². The summed E-state index contributed by atoms with van der Waals surface area (Å²) in [6, 6.07) is 1.87. The summed E-state index contributed by atoms with van der Waals surface area (Å²) in [5, 5.41) is 3.37. The van der Waals surface area contributed by atoms with E-state index in [-0.39, 0.29) is 4.90 Å². The van der Waals surface area contributed by atoms with Crippen LogP contribution >= 0.6 is 0 Å². The van der Waals surface area contributed by atoms with E-state index in [1.54, 1.807) is 13.8 Å². The Balaban J connectivity index is 3.51. The van der Waals surface area contributed by atoms with E-state index in [1.165, 1.54) is 6.21 Å². The highest BCUT2D eigenvalue weighted by Gasteiger charge is 2.23. The van der Waals surface area contributed by atoms with Crippen molar-refractivity contribution in [3.8, 4) is 0 Å². The summed E-state index contributed by atoms with van der Waals surface area (Å²) in [7, 11) is -3.83. The molecule has 0 amide bonds. The first-order valence-corrected chi connectivity index (χ1v) is 7.27.